The van der Waals surface area contributed by atoms with Crippen LogP contribution in [0.3, 0.4) is 0 Å². The van der Waals surface area contributed by atoms with Gasteiger partial charge in [-0.15, -0.1) is 0 Å². The zero-order valence-corrected chi connectivity index (χ0v) is 24.5. The van der Waals surface area contributed by atoms with E-state index in [1.807, 2.05) is 31.2 Å². The van der Waals surface area contributed by atoms with Gasteiger partial charge in [-0.2, -0.15) is 5.26 Å². The van der Waals surface area contributed by atoms with Gasteiger partial charge in [0.05, 0.1) is 24.1 Å². The summed E-state index contributed by atoms with van der Waals surface area (Å²) in [5, 5.41) is 22.1. The quantitative estimate of drug-likeness (QED) is 0.281. The van der Waals surface area contributed by atoms with Crippen LogP contribution in [0.1, 0.15) is 60.6 Å². The van der Waals surface area contributed by atoms with E-state index in [0.717, 1.165) is 16.7 Å². The van der Waals surface area contributed by atoms with Crippen molar-refractivity contribution in [1.82, 2.24) is 10.2 Å². The van der Waals surface area contributed by atoms with Crippen LogP contribution >= 0.6 is 23.2 Å². The molecule has 2 N–H and O–H groups in total. The first-order valence-corrected chi connectivity index (χ1v) is 14.4. The second-order valence-corrected chi connectivity index (χ2v) is 11.0. The molecule has 3 aromatic carbocycles. The Bertz CT molecular complexity index is 1440. The fourth-order valence-electron chi connectivity index (χ4n) is 5.16. The van der Waals surface area contributed by atoms with E-state index in [2.05, 4.69) is 11.4 Å². The number of carbonyl (C=O) groups excluding carboxylic acids is 2. The number of rotatable bonds is 11. The van der Waals surface area contributed by atoms with E-state index < -0.39 is 36.2 Å². The number of hydrogen-bond donors (Lipinski definition) is 2. The normalized spacial score (nSPS) is 19.1. The molecule has 0 saturated carbocycles. The molecule has 0 aliphatic carbocycles. The summed E-state index contributed by atoms with van der Waals surface area (Å²) in [5.74, 6) is -1.83. The number of carbonyl (C=O) groups is 3. The summed E-state index contributed by atoms with van der Waals surface area (Å²) in [7, 11) is 0. The van der Waals surface area contributed by atoms with Crippen LogP contribution < -0.4 is 5.32 Å². The molecule has 0 radical (unpaired) electrons. The predicted molar refractivity (Wildman–Crippen MR) is 159 cm³/mol. The molecule has 1 aliphatic rings. The molecule has 42 heavy (non-hydrogen) atoms. The molecule has 1 aliphatic heterocycles. The van der Waals surface area contributed by atoms with Crippen molar-refractivity contribution in [3.8, 4) is 6.07 Å². The number of ether oxygens (including phenoxy) is 1. The van der Waals surface area contributed by atoms with Crippen molar-refractivity contribution < 1.29 is 24.2 Å². The van der Waals surface area contributed by atoms with Gasteiger partial charge in [0.1, 0.15) is 18.2 Å². The summed E-state index contributed by atoms with van der Waals surface area (Å²) in [6.07, 6.45) is -0.675. The van der Waals surface area contributed by atoms with Crippen molar-refractivity contribution in [2.75, 3.05) is 6.54 Å². The van der Waals surface area contributed by atoms with Gasteiger partial charge in [0.2, 0.25) is 5.91 Å². The highest BCUT2D eigenvalue weighted by molar-refractivity contribution is 6.30. The van der Waals surface area contributed by atoms with Crippen LogP contribution in [-0.4, -0.2) is 46.5 Å². The number of amides is 2. The third-order valence-corrected chi connectivity index (χ3v) is 7.68. The van der Waals surface area contributed by atoms with Gasteiger partial charge in [-0.25, -0.2) is 0 Å². The molecule has 4 atom stereocenters. The number of halogens is 2. The Hall–Kier alpha value is -3.90. The van der Waals surface area contributed by atoms with E-state index in [4.69, 9.17) is 33.0 Å². The average Bonchev–Trinajstić information content (AvgIpc) is 2.98. The molecule has 10 heteroatoms. The van der Waals surface area contributed by atoms with Gasteiger partial charge in [-0.3, -0.25) is 14.4 Å². The Morgan fingerprint density at radius 2 is 1.60 bits per heavy atom. The fraction of sp³-hybridized carbons (Fsp3) is 0.312. The van der Waals surface area contributed by atoms with E-state index in [9.17, 15) is 19.6 Å². The van der Waals surface area contributed by atoms with Crippen molar-refractivity contribution in [2.24, 2.45) is 0 Å². The Labute approximate surface area is 254 Å². The number of morpholine rings is 1. The topological polar surface area (TPSA) is 120 Å². The molecule has 1 saturated heterocycles. The summed E-state index contributed by atoms with van der Waals surface area (Å²) < 4.78 is 6.59. The molecule has 4 rings (SSSR count). The minimum Gasteiger partial charge on any atom is -0.481 e. The standard InChI is InChI=1S/C32H31Cl2N3O5/c1-2-3-26(31(40)36-17-16-28(38)39)37-29(22-8-12-24(33)13-9-22)30(23-10-14-25(34)15-11-23)42-27(32(37)41)18-20-4-6-21(19-35)7-5-20/h4-15,26-27,29-30H,2-3,16-18H2,1H3,(H,36,40)(H,38,39)/t26?,27-,29+,30-/m1/s1. The smallest absolute Gasteiger partial charge is 0.305 e. The number of nitrogens with zero attached hydrogens (tertiary/aromatic N) is 2. The van der Waals surface area contributed by atoms with E-state index in [1.165, 1.54) is 0 Å². The molecule has 218 valence electrons. The molecule has 0 spiro atoms. The Morgan fingerprint density at radius 3 is 2.14 bits per heavy atom. The lowest BCUT2D eigenvalue weighted by Crippen LogP contribution is -2.59. The van der Waals surface area contributed by atoms with Crippen LogP contribution in [0.15, 0.2) is 72.8 Å². The molecule has 2 amide bonds. The van der Waals surface area contributed by atoms with Crippen LogP contribution in [0.4, 0.5) is 0 Å². The maximum Gasteiger partial charge on any atom is 0.305 e. The maximum atomic E-state index is 14.4. The monoisotopic (exact) mass is 607 g/mol. The number of carboxylic acids is 1. The van der Waals surface area contributed by atoms with Crippen molar-refractivity contribution in [3.05, 3.63) is 105 Å². The highest BCUT2D eigenvalue weighted by atomic mass is 35.5. The van der Waals surface area contributed by atoms with Crippen LogP contribution in [0.25, 0.3) is 0 Å². The number of benzene rings is 3. The van der Waals surface area contributed by atoms with Crippen LogP contribution in [0.2, 0.25) is 10.0 Å². The van der Waals surface area contributed by atoms with E-state index >= 15 is 0 Å². The number of hydrogen-bond acceptors (Lipinski definition) is 5. The van der Waals surface area contributed by atoms with Gasteiger partial charge in [0.25, 0.3) is 5.91 Å². The summed E-state index contributed by atoms with van der Waals surface area (Å²) in [6.45, 7) is 1.86. The number of nitrogens with one attached hydrogen (secondary N) is 1. The minimum absolute atomic E-state index is 0.0617. The van der Waals surface area contributed by atoms with Crippen molar-refractivity contribution in [1.29, 1.82) is 5.26 Å². The first kappa shape index (κ1) is 31.0. The lowest BCUT2D eigenvalue weighted by molar-refractivity contribution is -0.181. The van der Waals surface area contributed by atoms with Gasteiger partial charge < -0.3 is 20.1 Å². The molecule has 8 nitrogen and oxygen atoms in total. The molecular formula is C32H31Cl2N3O5. The third-order valence-electron chi connectivity index (χ3n) is 7.18. The van der Waals surface area contributed by atoms with Gasteiger partial charge in [0.15, 0.2) is 0 Å². The van der Waals surface area contributed by atoms with Crippen molar-refractivity contribution in [2.45, 2.75) is 56.9 Å². The Kier molecular flexibility index (Phi) is 10.6. The van der Waals surface area contributed by atoms with E-state index in [1.54, 1.807) is 53.4 Å². The van der Waals surface area contributed by atoms with Crippen LogP contribution in [0, 0.1) is 11.3 Å². The van der Waals surface area contributed by atoms with E-state index in [-0.39, 0.29) is 25.3 Å². The van der Waals surface area contributed by atoms with Gasteiger partial charge in [-0.1, -0.05) is 72.9 Å². The molecule has 3 aromatic rings. The summed E-state index contributed by atoms with van der Waals surface area (Å²) in [4.78, 5) is 40.7. The van der Waals surface area contributed by atoms with Crippen LogP contribution in [-0.2, 0) is 25.5 Å². The van der Waals surface area contributed by atoms with Crippen LogP contribution in [0.5, 0.6) is 0 Å². The second kappa shape index (κ2) is 14.3. The van der Waals surface area contributed by atoms with Gasteiger partial charge >= 0.3 is 5.97 Å². The Morgan fingerprint density at radius 1 is 1.00 bits per heavy atom. The maximum absolute atomic E-state index is 14.4. The average molecular weight is 609 g/mol. The third kappa shape index (κ3) is 7.48. The molecule has 1 fully saturated rings. The van der Waals surface area contributed by atoms with Crippen molar-refractivity contribution in [3.63, 3.8) is 0 Å². The fourth-order valence-corrected chi connectivity index (χ4v) is 5.41. The minimum atomic E-state index is -1.03. The molecule has 0 aromatic heterocycles. The van der Waals surface area contributed by atoms with Gasteiger partial charge in [0, 0.05) is 23.0 Å². The van der Waals surface area contributed by atoms with Crippen molar-refractivity contribution >= 4 is 41.0 Å². The summed E-state index contributed by atoms with van der Waals surface area (Å²) >= 11 is 12.4. The summed E-state index contributed by atoms with van der Waals surface area (Å²) in [6, 6.07) is 21.7. The highest BCUT2D eigenvalue weighted by Gasteiger charge is 2.48. The number of aliphatic carboxylic acids is 1. The highest BCUT2D eigenvalue weighted by Crippen LogP contribution is 2.44. The molecule has 0 bridgehead atoms. The molecular weight excluding hydrogens is 577 g/mol. The second-order valence-electron chi connectivity index (χ2n) is 10.1. The lowest BCUT2D eigenvalue weighted by Gasteiger charge is -2.47. The number of carboxylic acid groups (broad SMARTS) is 1. The summed E-state index contributed by atoms with van der Waals surface area (Å²) in [5.41, 5.74) is 2.79. The first-order chi connectivity index (χ1) is 20.2. The van der Waals surface area contributed by atoms with Gasteiger partial charge in [-0.05, 0) is 59.5 Å². The Balaban J connectivity index is 1.82. The largest absolute Gasteiger partial charge is 0.481 e. The molecule has 1 heterocycles. The predicted octanol–water partition coefficient (Wildman–Crippen LogP) is 5.88. The van der Waals surface area contributed by atoms with E-state index in [0.29, 0.717) is 28.5 Å². The zero-order chi connectivity index (χ0) is 30.2. The zero-order valence-electron chi connectivity index (χ0n) is 23.0. The first-order valence-electron chi connectivity index (χ1n) is 13.7. The lowest BCUT2D eigenvalue weighted by atomic mass is 9.88. The number of nitriles is 1. The molecule has 1 unspecified atom stereocenters. The SMILES string of the molecule is CCCC(C(=O)NCCC(=O)O)N1C(=O)[C@@H](Cc2ccc(C#N)cc2)O[C@H](c2ccc(Cl)cc2)[C@@H]1c1ccc(Cl)cc1.